The van der Waals surface area contributed by atoms with Gasteiger partial charge in [-0.05, 0) is 45.4 Å². The number of nitrogens with zero attached hydrogens (tertiary/aromatic N) is 2. The van der Waals surface area contributed by atoms with Crippen LogP contribution in [0.5, 0.6) is 0 Å². The standard InChI is InChI=1S/C27H40N6O6S/c1-13(2)11-18-26-32-19(12-39-26)22(35)28-10-8-7-9-17(23(36)33-20(16(6)34)24(37)31-18)30-25(38)21-15(5)29-27(40-21)14(3)4/h12-14,16-18,20,34H,7-11H2,1-6H3,(H,28,35)(H,30,38)(H,31,37)(H,33,36)/t16-,17+,18+,20+/m1/s1. The molecule has 3 heterocycles. The Morgan fingerprint density at radius 1 is 1.12 bits per heavy atom. The Hall–Kier alpha value is -3.32. The quantitative estimate of drug-likeness (QED) is 0.348. The van der Waals surface area contributed by atoms with E-state index >= 15 is 0 Å². The van der Waals surface area contributed by atoms with Gasteiger partial charge < -0.3 is 30.8 Å². The van der Waals surface area contributed by atoms with E-state index in [0.29, 0.717) is 36.4 Å². The van der Waals surface area contributed by atoms with Gasteiger partial charge in [0.25, 0.3) is 11.8 Å². The molecule has 4 amide bonds. The zero-order valence-electron chi connectivity index (χ0n) is 23.9. The predicted octanol–water partition coefficient (Wildman–Crippen LogP) is 2.34. The van der Waals surface area contributed by atoms with Gasteiger partial charge in [0.05, 0.1) is 16.8 Å². The number of hydrogen-bond acceptors (Lipinski definition) is 9. The van der Waals surface area contributed by atoms with Crippen molar-refractivity contribution in [3.05, 3.63) is 33.4 Å². The minimum atomic E-state index is -1.30. The molecule has 0 aromatic carbocycles. The first-order chi connectivity index (χ1) is 18.9. The molecule has 0 fully saturated rings. The van der Waals surface area contributed by atoms with Crippen LogP contribution in [0.15, 0.2) is 10.7 Å². The van der Waals surface area contributed by atoms with Crippen LogP contribution in [-0.2, 0) is 9.59 Å². The lowest BCUT2D eigenvalue weighted by Gasteiger charge is -2.26. The van der Waals surface area contributed by atoms with E-state index in [9.17, 15) is 24.3 Å². The summed E-state index contributed by atoms with van der Waals surface area (Å²) >= 11 is 1.28. The Morgan fingerprint density at radius 2 is 1.85 bits per heavy atom. The molecule has 2 aromatic rings. The Morgan fingerprint density at radius 3 is 2.48 bits per heavy atom. The van der Waals surface area contributed by atoms with Gasteiger partial charge >= 0.3 is 0 Å². The Labute approximate surface area is 238 Å². The topological polar surface area (TPSA) is 176 Å². The summed E-state index contributed by atoms with van der Waals surface area (Å²) in [6.45, 7) is 11.4. The predicted molar refractivity (Wildman–Crippen MR) is 149 cm³/mol. The molecule has 1 aliphatic heterocycles. The van der Waals surface area contributed by atoms with Crippen molar-refractivity contribution < 1.29 is 28.7 Å². The van der Waals surface area contributed by atoms with Crippen LogP contribution < -0.4 is 21.3 Å². The molecule has 2 bridgehead atoms. The summed E-state index contributed by atoms with van der Waals surface area (Å²) in [5.74, 6) is -1.66. The van der Waals surface area contributed by atoms with Gasteiger partial charge in [-0.15, -0.1) is 11.3 Å². The molecule has 12 nitrogen and oxygen atoms in total. The highest BCUT2D eigenvalue weighted by molar-refractivity contribution is 7.13. The van der Waals surface area contributed by atoms with E-state index in [2.05, 4.69) is 31.2 Å². The number of hydrogen-bond donors (Lipinski definition) is 5. The van der Waals surface area contributed by atoms with Crippen molar-refractivity contribution in [1.29, 1.82) is 0 Å². The number of aliphatic hydroxyl groups is 1. The maximum absolute atomic E-state index is 13.4. The minimum Gasteiger partial charge on any atom is -0.446 e. The van der Waals surface area contributed by atoms with Crippen LogP contribution in [0.3, 0.4) is 0 Å². The first-order valence-electron chi connectivity index (χ1n) is 13.7. The molecule has 0 unspecified atom stereocenters. The maximum Gasteiger partial charge on any atom is 0.273 e. The maximum atomic E-state index is 13.4. The van der Waals surface area contributed by atoms with Crippen molar-refractivity contribution in [2.45, 2.75) is 97.4 Å². The van der Waals surface area contributed by atoms with Crippen LogP contribution in [0.2, 0.25) is 0 Å². The Bertz CT molecular complexity index is 1210. The summed E-state index contributed by atoms with van der Waals surface area (Å²) in [4.78, 5) is 61.6. The fourth-order valence-corrected chi connectivity index (χ4v) is 5.27. The number of thiazole rings is 1. The van der Waals surface area contributed by atoms with Crippen LogP contribution in [0, 0.1) is 12.8 Å². The molecular formula is C27H40N6O6S. The van der Waals surface area contributed by atoms with Gasteiger partial charge in [-0.3, -0.25) is 19.2 Å². The van der Waals surface area contributed by atoms with E-state index in [1.54, 1.807) is 6.92 Å². The van der Waals surface area contributed by atoms with E-state index < -0.39 is 47.9 Å². The van der Waals surface area contributed by atoms with Crippen molar-refractivity contribution in [2.24, 2.45) is 5.92 Å². The molecule has 0 spiro atoms. The monoisotopic (exact) mass is 576 g/mol. The van der Waals surface area contributed by atoms with Crippen molar-refractivity contribution in [1.82, 2.24) is 31.2 Å². The molecule has 0 saturated carbocycles. The van der Waals surface area contributed by atoms with Crippen LogP contribution in [0.1, 0.15) is 109 Å². The third kappa shape index (κ3) is 8.10. The second-order valence-electron chi connectivity index (χ2n) is 10.9. The molecule has 0 radical (unpaired) electrons. The number of nitrogens with one attached hydrogen (secondary N) is 4. The number of aliphatic hydroxyl groups excluding tert-OH is 1. The van der Waals surface area contributed by atoms with Gasteiger partial charge in [-0.25, -0.2) is 9.97 Å². The molecule has 4 atom stereocenters. The number of aromatic nitrogens is 2. The molecule has 0 aliphatic carbocycles. The molecule has 0 saturated heterocycles. The highest BCUT2D eigenvalue weighted by Crippen LogP contribution is 2.25. The van der Waals surface area contributed by atoms with Crippen LogP contribution >= 0.6 is 11.3 Å². The molecular weight excluding hydrogens is 536 g/mol. The number of aryl methyl sites for hydroxylation is 1. The summed E-state index contributed by atoms with van der Waals surface area (Å²) in [7, 11) is 0. The third-order valence-corrected chi connectivity index (χ3v) is 7.94. The van der Waals surface area contributed by atoms with Gasteiger partial charge in [0.2, 0.25) is 17.7 Å². The number of fused-ring (bicyclic) bond motifs is 2. The lowest BCUT2D eigenvalue weighted by atomic mass is 10.0. The lowest BCUT2D eigenvalue weighted by molar-refractivity contribution is -0.133. The number of rotatable bonds is 6. The van der Waals surface area contributed by atoms with E-state index in [4.69, 9.17) is 4.42 Å². The van der Waals surface area contributed by atoms with E-state index in [1.165, 1.54) is 24.5 Å². The van der Waals surface area contributed by atoms with Crippen molar-refractivity contribution in [3.63, 3.8) is 0 Å². The van der Waals surface area contributed by atoms with E-state index in [-0.39, 0.29) is 29.8 Å². The number of oxazole rings is 1. The highest BCUT2D eigenvalue weighted by Gasteiger charge is 2.33. The molecule has 3 rings (SSSR count). The lowest BCUT2D eigenvalue weighted by Crippen LogP contribution is -2.57. The fraction of sp³-hybridized carbons (Fsp3) is 0.630. The highest BCUT2D eigenvalue weighted by atomic mass is 32.1. The summed E-state index contributed by atoms with van der Waals surface area (Å²) in [6.07, 6.45) is 1.72. The molecule has 220 valence electrons. The summed E-state index contributed by atoms with van der Waals surface area (Å²) in [5.41, 5.74) is 0.672. The first kappa shape index (κ1) is 31.2. The molecule has 40 heavy (non-hydrogen) atoms. The fourth-order valence-electron chi connectivity index (χ4n) is 4.30. The zero-order valence-corrected chi connectivity index (χ0v) is 24.7. The van der Waals surface area contributed by atoms with Gasteiger partial charge in [0.15, 0.2) is 5.69 Å². The SMILES string of the molecule is Cc1nc(C(C)C)sc1C(=O)N[C@H]1CCCCNC(=O)c2coc(n2)[C@H](CC(C)C)NC(=O)[C@H]([C@@H](C)O)NC1=O. The van der Waals surface area contributed by atoms with Gasteiger partial charge in [-0.1, -0.05) is 27.7 Å². The number of carbonyl (C=O) groups excluding carboxylic acids is 4. The average Bonchev–Trinajstić information content (AvgIpc) is 3.52. The largest absolute Gasteiger partial charge is 0.446 e. The van der Waals surface area contributed by atoms with Crippen LogP contribution in [0.25, 0.3) is 0 Å². The second-order valence-corrected chi connectivity index (χ2v) is 11.9. The Balaban J connectivity index is 1.87. The van der Waals surface area contributed by atoms with Crippen molar-refractivity contribution >= 4 is 35.0 Å². The van der Waals surface area contributed by atoms with Gasteiger partial charge in [0, 0.05) is 12.5 Å². The molecule has 13 heteroatoms. The minimum absolute atomic E-state index is 0.0938. The molecule has 2 aromatic heterocycles. The van der Waals surface area contributed by atoms with Crippen molar-refractivity contribution in [2.75, 3.05) is 6.54 Å². The summed E-state index contributed by atoms with van der Waals surface area (Å²) in [6, 6.07) is -2.97. The van der Waals surface area contributed by atoms with E-state index in [1.807, 2.05) is 27.7 Å². The molecule has 5 N–H and O–H groups in total. The normalized spacial score (nSPS) is 22.0. The molecule has 1 aliphatic rings. The average molecular weight is 577 g/mol. The van der Waals surface area contributed by atoms with Gasteiger partial charge in [0.1, 0.15) is 29.3 Å². The van der Waals surface area contributed by atoms with Crippen LogP contribution in [0.4, 0.5) is 0 Å². The van der Waals surface area contributed by atoms with Crippen molar-refractivity contribution in [3.8, 4) is 0 Å². The smallest absolute Gasteiger partial charge is 0.273 e. The second kappa shape index (κ2) is 13.8. The van der Waals surface area contributed by atoms with Crippen LogP contribution in [-0.4, -0.2) is 63.4 Å². The number of amides is 4. The van der Waals surface area contributed by atoms with E-state index in [0.717, 1.165) is 5.01 Å². The summed E-state index contributed by atoms with van der Waals surface area (Å²) in [5, 5.41) is 22.2. The zero-order chi connectivity index (χ0) is 29.6. The van der Waals surface area contributed by atoms with Gasteiger partial charge in [-0.2, -0.15) is 0 Å². The summed E-state index contributed by atoms with van der Waals surface area (Å²) < 4.78 is 5.53. The third-order valence-electron chi connectivity index (χ3n) is 6.48. The number of carbonyl (C=O) groups is 4. The first-order valence-corrected chi connectivity index (χ1v) is 14.5. The Kier molecular flexibility index (Phi) is 10.8.